The number of nitrogens with one attached hydrogen (secondary N) is 2. The lowest BCUT2D eigenvalue weighted by atomic mass is 9.98. The minimum Gasteiger partial charge on any atom is -0.396 e. The molecule has 0 aromatic carbocycles. The Morgan fingerprint density at radius 2 is 2.05 bits per heavy atom. The number of aliphatic hydroxyl groups excluding tert-OH is 1. The molecule has 0 bridgehead atoms. The fourth-order valence-corrected chi connectivity index (χ4v) is 2.99. The topological polar surface area (TPSA) is 70.6 Å². The fraction of sp³-hybridized carbons (Fsp3) is 0.812. The van der Waals surface area contributed by atoms with Gasteiger partial charge in [-0.05, 0) is 25.7 Å². The number of hydrogen-bond donors (Lipinski definition) is 3. The molecule has 0 unspecified atom stereocenters. The summed E-state index contributed by atoms with van der Waals surface area (Å²) in [6.45, 7) is 1.51. The molecule has 2 atom stereocenters. The highest BCUT2D eigenvalue weighted by molar-refractivity contribution is 5.74. The number of carbonyl (C=O) groups excluding carboxylic acids is 1. The number of urea groups is 1. The van der Waals surface area contributed by atoms with E-state index in [1.807, 2.05) is 12.2 Å². The van der Waals surface area contributed by atoms with Crippen LogP contribution in [0.25, 0.3) is 0 Å². The highest BCUT2D eigenvalue weighted by Crippen LogP contribution is 2.20. The van der Waals surface area contributed by atoms with Crippen molar-refractivity contribution in [1.29, 1.82) is 0 Å². The third-order valence-corrected chi connectivity index (χ3v) is 4.24. The predicted molar refractivity (Wildman–Crippen MR) is 82.1 cm³/mol. The first-order valence-electron chi connectivity index (χ1n) is 8.23. The average molecular weight is 296 g/mol. The van der Waals surface area contributed by atoms with E-state index < -0.39 is 0 Å². The van der Waals surface area contributed by atoms with Gasteiger partial charge in [0.15, 0.2) is 0 Å². The zero-order valence-corrected chi connectivity index (χ0v) is 12.7. The van der Waals surface area contributed by atoms with E-state index in [9.17, 15) is 4.79 Å². The Hall–Kier alpha value is -1.07. The Bertz CT molecular complexity index is 340. The summed E-state index contributed by atoms with van der Waals surface area (Å²) in [6, 6.07) is -0.0958. The van der Waals surface area contributed by atoms with Gasteiger partial charge in [-0.15, -0.1) is 0 Å². The van der Waals surface area contributed by atoms with E-state index >= 15 is 0 Å². The van der Waals surface area contributed by atoms with Crippen LogP contribution in [0.5, 0.6) is 0 Å². The summed E-state index contributed by atoms with van der Waals surface area (Å²) in [4.78, 5) is 11.7. The largest absolute Gasteiger partial charge is 0.396 e. The Labute approximate surface area is 127 Å². The van der Waals surface area contributed by atoms with Gasteiger partial charge in [0.05, 0.1) is 6.10 Å². The first-order valence-corrected chi connectivity index (χ1v) is 8.23. The molecule has 120 valence electrons. The highest BCUT2D eigenvalue weighted by atomic mass is 16.5. The monoisotopic (exact) mass is 296 g/mol. The third kappa shape index (κ3) is 6.06. The Balaban J connectivity index is 1.47. The quantitative estimate of drug-likeness (QED) is 0.497. The summed E-state index contributed by atoms with van der Waals surface area (Å²) >= 11 is 0. The van der Waals surface area contributed by atoms with Crippen molar-refractivity contribution in [2.24, 2.45) is 5.92 Å². The molecule has 2 amide bonds. The van der Waals surface area contributed by atoms with Crippen LogP contribution in [0.15, 0.2) is 12.2 Å². The minimum absolute atomic E-state index is 0.0423. The van der Waals surface area contributed by atoms with Gasteiger partial charge in [0.25, 0.3) is 0 Å². The van der Waals surface area contributed by atoms with Crippen LogP contribution in [0.2, 0.25) is 0 Å². The summed E-state index contributed by atoms with van der Waals surface area (Å²) < 4.78 is 5.82. The Morgan fingerprint density at radius 1 is 1.24 bits per heavy atom. The molecule has 2 aliphatic carbocycles. The first kappa shape index (κ1) is 16.3. The standard InChI is InChI=1S/C16H28N2O3/c19-12-13-7-8-14(11-13)18-16(20)17-9-4-10-21-15-5-2-1-3-6-15/h7-8,13-15,19H,1-6,9-12H2,(H2,17,18,20)/t13-,14+/m0/s1. The molecular weight excluding hydrogens is 268 g/mol. The number of carbonyl (C=O) groups is 1. The van der Waals surface area contributed by atoms with Crippen molar-refractivity contribution in [2.45, 2.75) is 57.1 Å². The number of ether oxygens (including phenoxy) is 1. The molecule has 21 heavy (non-hydrogen) atoms. The lowest BCUT2D eigenvalue weighted by Gasteiger charge is -2.22. The van der Waals surface area contributed by atoms with Crippen LogP contribution in [-0.4, -0.2) is 43.0 Å². The summed E-state index contributed by atoms with van der Waals surface area (Å²) in [5, 5.41) is 14.8. The molecule has 0 radical (unpaired) electrons. The van der Waals surface area contributed by atoms with E-state index in [1.165, 1.54) is 32.1 Å². The number of rotatable bonds is 7. The van der Waals surface area contributed by atoms with Crippen molar-refractivity contribution in [3.63, 3.8) is 0 Å². The van der Waals surface area contributed by atoms with E-state index in [1.54, 1.807) is 0 Å². The normalized spacial score (nSPS) is 26.0. The summed E-state index contributed by atoms with van der Waals surface area (Å²) in [5.74, 6) is 0.180. The van der Waals surface area contributed by atoms with Crippen molar-refractivity contribution >= 4 is 6.03 Å². The Kier molecular flexibility index (Phi) is 7.03. The van der Waals surface area contributed by atoms with Crippen LogP contribution in [0.1, 0.15) is 44.9 Å². The molecule has 0 aromatic heterocycles. The second-order valence-corrected chi connectivity index (χ2v) is 6.05. The molecule has 0 heterocycles. The van der Waals surface area contributed by atoms with Crippen LogP contribution in [0, 0.1) is 5.92 Å². The van der Waals surface area contributed by atoms with Crippen molar-refractivity contribution in [2.75, 3.05) is 19.8 Å². The first-order chi connectivity index (χ1) is 10.3. The van der Waals surface area contributed by atoms with E-state index in [0.29, 0.717) is 12.6 Å². The number of amides is 2. The van der Waals surface area contributed by atoms with E-state index in [4.69, 9.17) is 9.84 Å². The fourth-order valence-electron chi connectivity index (χ4n) is 2.99. The maximum absolute atomic E-state index is 11.7. The summed E-state index contributed by atoms with van der Waals surface area (Å²) in [6.07, 6.45) is 12.3. The smallest absolute Gasteiger partial charge is 0.315 e. The van der Waals surface area contributed by atoms with Gasteiger partial charge < -0.3 is 20.5 Å². The molecule has 3 N–H and O–H groups in total. The molecule has 0 saturated heterocycles. The van der Waals surface area contributed by atoms with Crippen LogP contribution in [-0.2, 0) is 4.74 Å². The van der Waals surface area contributed by atoms with Crippen LogP contribution < -0.4 is 10.6 Å². The molecule has 0 spiro atoms. The molecule has 2 rings (SSSR count). The van der Waals surface area contributed by atoms with Gasteiger partial charge in [0.1, 0.15) is 0 Å². The maximum Gasteiger partial charge on any atom is 0.315 e. The van der Waals surface area contributed by atoms with E-state index in [-0.39, 0.29) is 24.6 Å². The van der Waals surface area contributed by atoms with Gasteiger partial charge in [0, 0.05) is 31.7 Å². The van der Waals surface area contributed by atoms with Crippen molar-refractivity contribution in [3.8, 4) is 0 Å². The maximum atomic E-state index is 11.7. The highest BCUT2D eigenvalue weighted by Gasteiger charge is 2.19. The zero-order valence-electron chi connectivity index (χ0n) is 12.7. The van der Waals surface area contributed by atoms with Crippen LogP contribution >= 0.6 is 0 Å². The summed E-state index contributed by atoms with van der Waals surface area (Å²) in [5.41, 5.74) is 0. The van der Waals surface area contributed by atoms with Gasteiger partial charge in [0.2, 0.25) is 0 Å². The van der Waals surface area contributed by atoms with E-state index in [2.05, 4.69) is 10.6 Å². The second-order valence-electron chi connectivity index (χ2n) is 6.05. The molecule has 1 fully saturated rings. The lowest BCUT2D eigenvalue weighted by Crippen LogP contribution is -2.41. The van der Waals surface area contributed by atoms with Gasteiger partial charge in [-0.1, -0.05) is 31.4 Å². The van der Waals surface area contributed by atoms with Gasteiger partial charge in [-0.3, -0.25) is 0 Å². The molecule has 5 nitrogen and oxygen atoms in total. The van der Waals surface area contributed by atoms with Crippen LogP contribution in [0.4, 0.5) is 4.79 Å². The number of aliphatic hydroxyl groups is 1. The predicted octanol–water partition coefficient (Wildman–Crippen LogP) is 1.96. The minimum atomic E-state index is -0.138. The number of hydrogen-bond acceptors (Lipinski definition) is 3. The molecule has 0 aromatic rings. The average Bonchev–Trinajstić information content (AvgIpc) is 2.95. The van der Waals surface area contributed by atoms with Gasteiger partial charge >= 0.3 is 6.03 Å². The lowest BCUT2D eigenvalue weighted by molar-refractivity contribution is 0.0275. The molecular formula is C16H28N2O3. The zero-order chi connectivity index (χ0) is 14.9. The Morgan fingerprint density at radius 3 is 2.76 bits per heavy atom. The SMILES string of the molecule is O=C(NCCCOC1CCCCC1)N[C@@H]1C=C[C@H](CO)C1. The third-order valence-electron chi connectivity index (χ3n) is 4.24. The molecule has 5 heteroatoms. The van der Waals surface area contributed by atoms with Gasteiger partial charge in [-0.2, -0.15) is 0 Å². The molecule has 2 aliphatic rings. The van der Waals surface area contributed by atoms with Crippen molar-refractivity contribution in [1.82, 2.24) is 10.6 Å². The summed E-state index contributed by atoms with van der Waals surface area (Å²) in [7, 11) is 0. The van der Waals surface area contributed by atoms with Crippen molar-refractivity contribution < 1.29 is 14.6 Å². The van der Waals surface area contributed by atoms with Gasteiger partial charge in [-0.25, -0.2) is 4.79 Å². The molecule has 1 saturated carbocycles. The second kappa shape index (κ2) is 9.05. The van der Waals surface area contributed by atoms with E-state index in [0.717, 1.165) is 19.4 Å². The molecule has 0 aliphatic heterocycles. The van der Waals surface area contributed by atoms with Crippen LogP contribution in [0.3, 0.4) is 0 Å². The van der Waals surface area contributed by atoms with Crippen molar-refractivity contribution in [3.05, 3.63) is 12.2 Å².